The number of nitrogens with zero attached hydrogens (tertiary/aromatic N) is 3. The molecule has 1 amide bonds. The number of carbonyl (C=O) groups is 1. The quantitative estimate of drug-likeness (QED) is 0.644. The maximum atomic E-state index is 14.5. The monoisotopic (exact) mass is 516 g/mol. The van der Waals surface area contributed by atoms with Crippen LogP contribution in [0.15, 0.2) is 24.4 Å². The predicted molar refractivity (Wildman–Crippen MR) is 138 cm³/mol. The Morgan fingerprint density at radius 1 is 1.14 bits per heavy atom. The molecule has 2 aromatic rings. The molecule has 0 spiro atoms. The molecule has 7 nitrogen and oxygen atoms in total. The highest BCUT2D eigenvalue weighted by Gasteiger charge is 2.48. The summed E-state index contributed by atoms with van der Waals surface area (Å²) in [5, 5.41) is 5.63. The second-order valence-electron chi connectivity index (χ2n) is 11.0. The van der Waals surface area contributed by atoms with Crippen molar-refractivity contribution >= 4 is 39.8 Å². The number of halogens is 2. The van der Waals surface area contributed by atoms with Gasteiger partial charge in [-0.3, -0.25) is 9.69 Å². The number of rotatable bonds is 5. The van der Waals surface area contributed by atoms with E-state index in [1.165, 1.54) is 0 Å². The number of hydrogen-bond acceptors (Lipinski definition) is 6. The summed E-state index contributed by atoms with van der Waals surface area (Å²) in [5.41, 5.74) is 0.405. The molecule has 2 unspecified atom stereocenters. The normalized spacial score (nSPS) is 31.6. The zero-order valence-corrected chi connectivity index (χ0v) is 21.5. The van der Waals surface area contributed by atoms with E-state index >= 15 is 0 Å². The lowest BCUT2D eigenvalue weighted by atomic mass is 9.93. The highest BCUT2D eigenvalue weighted by atomic mass is 35.5. The Morgan fingerprint density at radius 2 is 1.92 bits per heavy atom. The van der Waals surface area contributed by atoms with Crippen molar-refractivity contribution in [3.63, 3.8) is 0 Å². The van der Waals surface area contributed by atoms with Gasteiger partial charge in [-0.25, -0.2) is 9.37 Å². The third-order valence-electron chi connectivity index (χ3n) is 8.76. The molecule has 4 aliphatic rings. The van der Waals surface area contributed by atoms with Gasteiger partial charge >= 0.3 is 0 Å². The van der Waals surface area contributed by atoms with Crippen LogP contribution in [0.3, 0.4) is 0 Å². The van der Waals surface area contributed by atoms with E-state index < -0.39 is 11.7 Å². The average Bonchev–Trinajstić information content (AvgIpc) is 3.63. The van der Waals surface area contributed by atoms with E-state index in [2.05, 4.69) is 26.2 Å². The van der Waals surface area contributed by atoms with Crippen LogP contribution in [0.4, 0.5) is 15.9 Å². The summed E-state index contributed by atoms with van der Waals surface area (Å²) in [5.74, 6) is 1.80. The van der Waals surface area contributed by atoms with Crippen LogP contribution in [0.25, 0.3) is 10.8 Å². The van der Waals surface area contributed by atoms with Gasteiger partial charge in [-0.15, -0.1) is 0 Å². The molecular formula is C27H34ClFN4O3. The lowest BCUT2D eigenvalue weighted by molar-refractivity contribution is -0.117. The summed E-state index contributed by atoms with van der Waals surface area (Å²) in [6, 6.07) is 5.94. The Morgan fingerprint density at radius 3 is 2.64 bits per heavy atom. The van der Waals surface area contributed by atoms with Crippen LogP contribution in [0, 0.1) is 17.8 Å². The molecule has 4 atom stereocenters. The standard InChI is InChI=1S/C27H34ClFN4O3/c1-27(16-36-15-24(27)29)33-6-4-32(5-7-33)23-11-18-12-25(30-14-19(18)10-22(23)28)31-26(34)21-13-20(21)17-2-8-35-9-3-17/h10-12,14,17,20-21,24H,2-9,13,15-16H2,1H3,(H,30,31,34)/t20?,21?,24-,27+/m1/s1. The van der Waals surface area contributed by atoms with E-state index in [0.29, 0.717) is 29.3 Å². The Labute approximate surface area is 216 Å². The SMILES string of the molecule is C[C@]1(N2CCN(c3cc4cc(NC(=O)C5CC5C5CCOCC5)ncc4cc3Cl)CC2)COC[C@H]1F. The number of amides is 1. The number of pyridine rings is 1. The number of aromatic nitrogens is 1. The smallest absolute Gasteiger partial charge is 0.228 e. The maximum absolute atomic E-state index is 14.5. The summed E-state index contributed by atoms with van der Waals surface area (Å²) in [6.07, 6.45) is 3.88. The number of anilines is 2. The molecule has 3 saturated heterocycles. The number of benzene rings is 1. The van der Waals surface area contributed by atoms with Gasteiger partial charge in [-0.1, -0.05) is 11.6 Å². The van der Waals surface area contributed by atoms with Crippen LogP contribution >= 0.6 is 11.6 Å². The van der Waals surface area contributed by atoms with E-state index in [0.717, 1.165) is 75.1 Å². The highest BCUT2D eigenvalue weighted by molar-refractivity contribution is 6.34. The first-order valence-corrected chi connectivity index (χ1v) is 13.5. The van der Waals surface area contributed by atoms with E-state index in [1.54, 1.807) is 6.20 Å². The Balaban J connectivity index is 1.13. The molecule has 194 valence electrons. The predicted octanol–water partition coefficient (Wildman–Crippen LogP) is 4.14. The summed E-state index contributed by atoms with van der Waals surface area (Å²) < 4.78 is 25.3. The van der Waals surface area contributed by atoms with Gasteiger partial charge in [-0.05, 0) is 61.6 Å². The minimum atomic E-state index is -0.961. The molecule has 1 aliphatic carbocycles. The summed E-state index contributed by atoms with van der Waals surface area (Å²) in [4.78, 5) is 21.8. The Kier molecular flexibility index (Phi) is 6.56. The molecular weight excluding hydrogens is 483 g/mol. The number of piperazine rings is 1. The Bertz CT molecular complexity index is 1140. The van der Waals surface area contributed by atoms with Crippen LogP contribution in [0.1, 0.15) is 26.2 Å². The highest BCUT2D eigenvalue weighted by Crippen LogP contribution is 2.48. The molecule has 6 rings (SSSR count). The zero-order valence-electron chi connectivity index (χ0n) is 20.7. The first kappa shape index (κ1) is 24.3. The van der Waals surface area contributed by atoms with Gasteiger partial charge < -0.3 is 19.7 Å². The number of alkyl halides is 1. The number of nitrogens with one attached hydrogen (secondary N) is 1. The molecule has 1 N–H and O–H groups in total. The maximum Gasteiger partial charge on any atom is 0.228 e. The summed E-state index contributed by atoms with van der Waals surface area (Å²) in [6.45, 7) is 7.22. The molecule has 1 aromatic carbocycles. The fraction of sp³-hybridized carbons (Fsp3) is 0.630. The van der Waals surface area contributed by atoms with Gasteiger partial charge in [-0.2, -0.15) is 0 Å². The van der Waals surface area contributed by atoms with Crippen LogP contribution in [-0.4, -0.2) is 80.1 Å². The second-order valence-corrected chi connectivity index (χ2v) is 11.4. The second kappa shape index (κ2) is 9.71. The fourth-order valence-corrected chi connectivity index (χ4v) is 6.54. The molecule has 9 heteroatoms. The molecule has 4 fully saturated rings. The van der Waals surface area contributed by atoms with Crippen molar-refractivity contribution in [3.05, 3.63) is 29.4 Å². The van der Waals surface area contributed by atoms with Crippen LogP contribution < -0.4 is 10.2 Å². The minimum Gasteiger partial charge on any atom is -0.381 e. The van der Waals surface area contributed by atoms with Crippen LogP contribution in [0.5, 0.6) is 0 Å². The lowest BCUT2D eigenvalue weighted by Gasteiger charge is -2.44. The van der Waals surface area contributed by atoms with Crippen molar-refractivity contribution in [2.75, 3.05) is 62.8 Å². The van der Waals surface area contributed by atoms with Crippen molar-refractivity contribution in [1.82, 2.24) is 9.88 Å². The van der Waals surface area contributed by atoms with Crippen molar-refractivity contribution < 1.29 is 18.7 Å². The van der Waals surface area contributed by atoms with Crippen LogP contribution in [0.2, 0.25) is 5.02 Å². The van der Waals surface area contributed by atoms with Gasteiger partial charge in [0.05, 0.1) is 29.5 Å². The van der Waals surface area contributed by atoms with E-state index in [4.69, 9.17) is 21.1 Å². The van der Waals surface area contributed by atoms with Crippen molar-refractivity contribution in [2.45, 2.75) is 37.9 Å². The fourth-order valence-electron chi connectivity index (χ4n) is 6.25. The molecule has 0 bridgehead atoms. The molecule has 0 radical (unpaired) electrons. The third-order valence-corrected chi connectivity index (χ3v) is 9.07. The van der Waals surface area contributed by atoms with Gasteiger partial charge in [0.1, 0.15) is 12.0 Å². The van der Waals surface area contributed by atoms with E-state index in [-0.39, 0.29) is 18.4 Å². The Hall–Kier alpha value is -2.00. The topological polar surface area (TPSA) is 66.9 Å². The third kappa shape index (κ3) is 4.57. The van der Waals surface area contributed by atoms with Crippen molar-refractivity contribution in [1.29, 1.82) is 0 Å². The summed E-state index contributed by atoms with van der Waals surface area (Å²) >= 11 is 6.67. The first-order chi connectivity index (χ1) is 17.4. The largest absolute Gasteiger partial charge is 0.381 e. The molecule has 1 aromatic heterocycles. The molecule has 4 heterocycles. The molecule has 36 heavy (non-hydrogen) atoms. The van der Waals surface area contributed by atoms with E-state index in [9.17, 15) is 9.18 Å². The van der Waals surface area contributed by atoms with Crippen LogP contribution in [-0.2, 0) is 14.3 Å². The minimum absolute atomic E-state index is 0.0687. The number of fused-ring (bicyclic) bond motifs is 1. The molecule has 1 saturated carbocycles. The average molecular weight is 517 g/mol. The van der Waals surface area contributed by atoms with E-state index in [1.807, 2.05) is 19.1 Å². The number of hydrogen-bond donors (Lipinski definition) is 1. The van der Waals surface area contributed by atoms with Gasteiger partial charge in [0.15, 0.2) is 0 Å². The number of ether oxygens (including phenoxy) is 2. The first-order valence-electron chi connectivity index (χ1n) is 13.1. The van der Waals surface area contributed by atoms with Crippen molar-refractivity contribution in [2.24, 2.45) is 17.8 Å². The lowest BCUT2D eigenvalue weighted by Crippen LogP contribution is -2.59. The molecule has 3 aliphatic heterocycles. The van der Waals surface area contributed by atoms with Gasteiger partial charge in [0, 0.05) is 56.9 Å². The van der Waals surface area contributed by atoms with Crippen molar-refractivity contribution in [3.8, 4) is 0 Å². The zero-order chi connectivity index (χ0) is 24.9. The summed E-state index contributed by atoms with van der Waals surface area (Å²) in [7, 11) is 0. The van der Waals surface area contributed by atoms with Gasteiger partial charge in [0.25, 0.3) is 0 Å². The van der Waals surface area contributed by atoms with Gasteiger partial charge in [0.2, 0.25) is 5.91 Å². The number of carbonyl (C=O) groups excluding carboxylic acids is 1.